The quantitative estimate of drug-likeness (QED) is 0.867. The van der Waals surface area contributed by atoms with Crippen LogP contribution < -0.4 is 10.1 Å². The van der Waals surface area contributed by atoms with E-state index in [-0.39, 0.29) is 5.82 Å². The second-order valence-electron chi connectivity index (χ2n) is 5.51. The van der Waals surface area contributed by atoms with Gasteiger partial charge in [0.15, 0.2) is 11.6 Å². The number of benzene rings is 1. The Balaban J connectivity index is 1.80. The van der Waals surface area contributed by atoms with Crippen molar-refractivity contribution in [3.63, 3.8) is 0 Å². The van der Waals surface area contributed by atoms with E-state index in [0.29, 0.717) is 23.9 Å². The van der Waals surface area contributed by atoms with Crippen LogP contribution in [0.15, 0.2) is 18.2 Å². The molecule has 0 amide bonds. The van der Waals surface area contributed by atoms with Crippen LogP contribution in [0, 0.1) is 5.82 Å². The number of rotatable bonds is 6. The lowest BCUT2D eigenvalue weighted by Gasteiger charge is -2.32. The Morgan fingerprint density at radius 2 is 2.05 bits per heavy atom. The molecule has 0 saturated carbocycles. The van der Waals surface area contributed by atoms with E-state index >= 15 is 0 Å². The summed E-state index contributed by atoms with van der Waals surface area (Å²) in [6, 6.07) is 5.78. The summed E-state index contributed by atoms with van der Waals surface area (Å²) < 4.78 is 19.0. The normalized spacial score (nSPS) is 17.9. The minimum atomic E-state index is -0.256. The maximum atomic E-state index is 14.0. The molecule has 20 heavy (non-hydrogen) atoms. The van der Waals surface area contributed by atoms with Crippen molar-refractivity contribution in [2.24, 2.45) is 0 Å². The molecule has 2 rings (SSSR count). The summed E-state index contributed by atoms with van der Waals surface area (Å²) in [5.41, 5.74) is 0.662. The molecular weight excluding hydrogens is 255 g/mol. The Morgan fingerprint density at radius 1 is 1.30 bits per heavy atom. The van der Waals surface area contributed by atoms with Crippen LogP contribution in [-0.4, -0.2) is 37.7 Å². The van der Waals surface area contributed by atoms with Crippen LogP contribution in [0.5, 0.6) is 5.75 Å². The fourth-order valence-corrected chi connectivity index (χ4v) is 2.75. The molecule has 1 aliphatic rings. The molecule has 1 aromatic rings. The van der Waals surface area contributed by atoms with Crippen molar-refractivity contribution in [3.8, 4) is 5.75 Å². The average molecular weight is 280 g/mol. The predicted octanol–water partition coefficient (Wildman–Crippen LogP) is 2.80. The van der Waals surface area contributed by atoms with Crippen molar-refractivity contribution >= 4 is 0 Å². The average Bonchev–Trinajstić information content (AvgIpc) is 2.49. The zero-order valence-corrected chi connectivity index (χ0v) is 12.5. The van der Waals surface area contributed by atoms with E-state index in [1.807, 2.05) is 6.07 Å². The summed E-state index contributed by atoms with van der Waals surface area (Å²) in [7, 11) is 1.49. The lowest BCUT2D eigenvalue weighted by atomic mass is 10.1. The number of halogens is 1. The van der Waals surface area contributed by atoms with Crippen LogP contribution in [0.3, 0.4) is 0 Å². The third kappa shape index (κ3) is 3.93. The number of hydrogen-bond donors (Lipinski definition) is 1. The molecule has 1 saturated heterocycles. The second-order valence-corrected chi connectivity index (χ2v) is 5.51. The monoisotopic (exact) mass is 280 g/mol. The van der Waals surface area contributed by atoms with Gasteiger partial charge in [0.25, 0.3) is 0 Å². The first-order valence-electron chi connectivity index (χ1n) is 7.48. The van der Waals surface area contributed by atoms with E-state index < -0.39 is 0 Å². The summed E-state index contributed by atoms with van der Waals surface area (Å²) in [6.45, 7) is 6.05. The Kier molecular flexibility index (Phi) is 5.80. The standard InChI is InChI=1S/C16H25FN2O/c1-13(19-9-4-3-5-10-19)11-18-12-14-7-6-8-15(20-2)16(14)17/h6-8,13,18H,3-5,9-12H2,1-2H3. The number of nitrogens with zero attached hydrogens (tertiary/aromatic N) is 1. The van der Waals surface area contributed by atoms with Gasteiger partial charge in [-0.3, -0.25) is 4.90 Å². The largest absolute Gasteiger partial charge is 0.494 e. The van der Waals surface area contributed by atoms with E-state index in [1.54, 1.807) is 12.1 Å². The van der Waals surface area contributed by atoms with Crippen LogP contribution >= 0.6 is 0 Å². The number of ether oxygens (including phenoxy) is 1. The topological polar surface area (TPSA) is 24.5 Å². The number of likely N-dealkylation sites (tertiary alicyclic amines) is 1. The van der Waals surface area contributed by atoms with Gasteiger partial charge in [0.1, 0.15) is 0 Å². The molecule has 3 nitrogen and oxygen atoms in total. The van der Waals surface area contributed by atoms with Crippen molar-refractivity contribution in [2.75, 3.05) is 26.7 Å². The molecule has 0 aliphatic carbocycles. The molecule has 1 aliphatic heterocycles. The van der Waals surface area contributed by atoms with Crippen molar-refractivity contribution in [1.29, 1.82) is 0 Å². The van der Waals surface area contributed by atoms with Gasteiger partial charge < -0.3 is 10.1 Å². The highest BCUT2D eigenvalue weighted by Crippen LogP contribution is 2.19. The minimum Gasteiger partial charge on any atom is -0.494 e. The highest BCUT2D eigenvalue weighted by atomic mass is 19.1. The third-order valence-corrected chi connectivity index (χ3v) is 4.03. The summed E-state index contributed by atoms with van der Waals surface area (Å²) in [5.74, 6) is 0.0569. The Hall–Kier alpha value is -1.13. The van der Waals surface area contributed by atoms with Crippen molar-refractivity contribution < 1.29 is 9.13 Å². The maximum absolute atomic E-state index is 14.0. The zero-order chi connectivity index (χ0) is 14.4. The first-order chi connectivity index (χ1) is 9.72. The van der Waals surface area contributed by atoms with Gasteiger partial charge >= 0.3 is 0 Å². The van der Waals surface area contributed by atoms with Crippen molar-refractivity contribution in [2.45, 2.75) is 38.8 Å². The molecule has 1 unspecified atom stereocenters. The van der Waals surface area contributed by atoms with E-state index in [0.717, 1.165) is 6.54 Å². The molecule has 0 bridgehead atoms. The minimum absolute atomic E-state index is 0.256. The molecule has 4 heteroatoms. The maximum Gasteiger partial charge on any atom is 0.169 e. The molecule has 0 radical (unpaired) electrons. The lowest BCUT2D eigenvalue weighted by Crippen LogP contribution is -2.43. The van der Waals surface area contributed by atoms with Crippen LogP contribution in [0.2, 0.25) is 0 Å². The zero-order valence-electron chi connectivity index (χ0n) is 12.5. The fourth-order valence-electron chi connectivity index (χ4n) is 2.75. The number of piperidine rings is 1. The second kappa shape index (κ2) is 7.60. The highest BCUT2D eigenvalue weighted by Gasteiger charge is 2.16. The summed E-state index contributed by atoms with van der Waals surface area (Å²) in [5, 5.41) is 3.35. The fraction of sp³-hybridized carbons (Fsp3) is 0.625. The summed E-state index contributed by atoms with van der Waals surface area (Å²) in [6.07, 6.45) is 3.95. The van der Waals surface area contributed by atoms with E-state index in [2.05, 4.69) is 17.1 Å². The first kappa shape index (κ1) is 15.3. The van der Waals surface area contributed by atoms with Gasteiger partial charge in [-0.1, -0.05) is 18.6 Å². The Bertz CT molecular complexity index is 419. The molecule has 1 fully saturated rings. The third-order valence-electron chi connectivity index (χ3n) is 4.03. The first-order valence-corrected chi connectivity index (χ1v) is 7.48. The lowest BCUT2D eigenvalue weighted by molar-refractivity contribution is 0.170. The van der Waals surface area contributed by atoms with Gasteiger partial charge in [0.05, 0.1) is 7.11 Å². The molecular formula is C16H25FN2O. The van der Waals surface area contributed by atoms with Crippen LogP contribution in [-0.2, 0) is 6.54 Å². The summed E-state index contributed by atoms with van der Waals surface area (Å²) in [4.78, 5) is 2.51. The predicted molar refractivity (Wildman–Crippen MR) is 79.5 cm³/mol. The number of nitrogens with one attached hydrogen (secondary N) is 1. The smallest absolute Gasteiger partial charge is 0.169 e. The van der Waals surface area contributed by atoms with Crippen LogP contribution in [0.25, 0.3) is 0 Å². The van der Waals surface area contributed by atoms with Gasteiger partial charge in [-0.15, -0.1) is 0 Å². The molecule has 112 valence electrons. The molecule has 1 heterocycles. The molecule has 0 spiro atoms. The van der Waals surface area contributed by atoms with Crippen LogP contribution in [0.4, 0.5) is 4.39 Å². The van der Waals surface area contributed by atoms with E-state index in [9.17, 15) is 4.39 Å². The van der Waals surface area contributed by atoms with E-state index in [1.165, 1.54) is 39.5 Å². The molecule has 1 N–H and O–H groups in total. The SMILES string of the molecule is COc1cccc(CNCC(C)N2CCCCC2)c1F. The summed E-state index contributed by atoms with van der Waals surface area (Å²) >= 11 is 0. The van der Waals surface area contributed by atoms with Crippen molar-refractivity contribution in [1.82, 2.24) is 10.2 Å². The Labute approximate surface area is 121 Å². The van der Waals surface area contributed by atoms with Crippen LogP contribution in [0.1, 0.15) is 31.7 Å². The highest BCUT2D eigenvalue weighted by molar-refractivity contribution is 5.30. The van der Waals surface area contributed by atoms with E-state index in [4.69, 9.17) is 4.74 Å². The Morgan fingerprint density at radius 3 is 2.75 bits per heavy atom. The van der Waals surface area contributed by atoms with Gasteiger partial charge in [0.2, 0.25) is 0 Å². The van der Waals surface area contributed by atoms with Gasteiger partial charge in [-0.25, -0.2) is 4.39 Å². The number of methoxy groups -OCH3 is 1. The van der Waals surface area contributed by atoms with Gasteiger partial charge in [0, 0.05) is 24.7 Å². The van der Waals surface area contributed by atoms with Gasteiger partial charge in [-0.05, 0) is 38.9 Å². The molecule has 0 aromatic heterocycles. The number of hydrogen-bond acceptors (Lipinski definition) is 3. The molecule has 1 aromatic carbocycles. The molecule has 1 atom stereocenters. The van der Waals surface area contributed by atoms with Gasteiger partial charge in [-0.2, -0.15) is 0 Å². The van der Waals surface area contributed by atoms with Crippen molar-refractivity contribution in [3.05, 3.63) is 29.6 Å².